The largest absolute Gasteiger partial charge is 0.474 e. The van der Waals surface area contributed by atoms with Crippen molar-refractivity contribution in [3.8, 4) is 11.9 Å². The maximum atomic E-state index is 9.86. The molecule has 1 saturated carbocycles. The highest BCUT2D eigenvalue weighted by Crippen LogP contribution is 2.42. The predicted octanol–water partition coefficient (Wildman–Crippen LogP) is 1.21. The Labute approximate surface area is 154 Å². The summed E-state index contributed by atoms with van der Waals surface area (Å²) in [6.45, 7) is 4.53. The first kappa shape index (κ1) is 17.7. The number of morpholine rings is 1. The molecule has 2 aliphatic heterocycles. The highest BCUT2D eigenvalue weighted by Gasteiger charge is 2.44. The lowest BCUT2D eigenvalue weighted by Crippen LogP contribution is -2.36. The van der Waals surface area contributed by atoms with E-state index in [0.29, 0.717) is 30.5 Å². The Kier molecular flexibility index (Phi) is 5.41. The van der Waals surface area contributed by atoms with Crippen LogP contribution in [-0.4, -0.2) is 61.0 Å². The second kappa shape index (κ2) is 7.93. The number of ether oxygens (including phenoxy) is 2. The molecule has 26 heavy (non-hydrogen) atoms. The molecule has 3 aliphatic rings. The Balaban J connectivity index is 1.46. The number of hydrogen-bond donors (Lipinski definition) is 1. The van der Waals surface area contributed by atoms with Gasteiger partial charge in [0.1, 0.15) is 12.2 Å². The Bertz CT molecular complexity index is 677. The molecular formula is C18H24BN3O4. The van der Waals surface area contributed by atoms with Crippen LogP contribution >= 0.6 is 0 Å². The van der Waals surface area contributed by atoms with Crippen LogP contribution in [0.5, 0.6) is 5.88 Å². The van der Waals surface area contributed by atoms with E-state index in [2.05, 4.69) is 16.0 Å². The molecule has 0 bridgehead atoms. The third kappa shape index (κ3) is 3.86. The van der Waals surface area contributed by atoms with Crippen LogP contribution in [0, 0.1) is 17.2 Å². The molecule has 1 N–H and O–H groups in total. The van der Waals surface area contributed by atoms with Crippen molar-refractivity contribution in [2.45, 2.75) is 37.7 Å². The Hall–Kier alpha value is -1.66. The molecule has 3 unspecified atom stereocenters. The van der Waals surface area contributed by atoms with Crippen molar-refractivity contribution >= 4 is 7.12 Å². The zero-order chi connectivity index (χ0) is 17.9. The molecule has 3 atom stereocenters. The first-order chi connectivity index (χ1) is 12.7. The molecule has 1 aromatic rings. The van der Waals surface area contributed by atoms with Crippen molar-refractivity contribution in [1.29, 1.82) is 5.26 Å². The lowest BCUT2D eigenvalue weighted by atomic mass is 9.62. The van der Waals surface area contributed by atoms with Crippen molar-refractivity contribution in [3.63, 3.8) is 0 Å². The first-order valence-electron chi connectivity index (χ1n) is 9.38. The first-order valence-corrected chi connectivity index (χ1v) is 9.38. The van der Waals surface area contributed by atoms with E-state index in [4.69, 9.17) is 14.1 Å². The van der Waals surface area contributed by atoms with Crippen molar-refractivity contribution in [1.82, 2.24) is 9.88 Å². The average Bonchev–Trinajstić information content (AvgIpc) is 3.04. The van der Waals surface area contributed by atoms with E-state index in [1.54, 1.807) is 6.20 Å². The summed E-state index contributed by atoms with van der Waals surface area (Å²) in [5.74, 6) is 1.21. The number of hydrogen-bond acceptors (Lipinski definition) is 7. The van der Waals surface area contributed by atoms with Crippen molar-refractivity contribution in [3.05, 3.63) is 23.4 Å². The van der Waals surface area contributed by atoms with E-state index in [-0.39, 0.29) is 11.9 Å². The van der Waals surface area contributed by atoms with E-state index >= 15 is 0 Å². The summed E-state index contributed by atoms with van der Waals surface area (Å²) in [5.41, 5.74) is 1.51. The summed E-state index contributed by atoms with van der Waals surface area (Å²) in [6.07, 6.45) is 4.33. The SMILES string of the molecule is N#Cc1cnc(OC2CCC3B(O)OCC3C2)c(CN2CCOCC2)c1. The number of nitriles is 1. The van der Waals surface area contributed by atoms with Gasteiger partial charge in [-0.1, -0.05) is 0 Å². The number of nitrogens with zero attached hydrogens (tertiary/aromatic N) is 3. The van der Waals surface area contributed by atoms with Crippen LogP contribution in [0.25, 0.3) is 0 Å². The fraction of sp³-hybridized carbons (Fsp3) is 0.667. The topological polar surface area (TPSA) is 87.8 Å². The molecule has 1 aromatic heterocycles. The van der Waals surface area contributed by atoms with E-state index in [0.717, 1.165) is 51.1 Å². The second-order valence-electron chi connectivity index (χ2n) is 7.39. The van der Waals surface area contributed by atoms with Gasteiger partial charge in [-0.3, -0.25) is 4.90 Å². The molecule has 0 aromatic carbocycles. The molecule has 138 valence electrons. The highest BCUT2D eigenvalue weighted by molar-refractivity contribution is 6.45. The minimum absolute atomic E-state index is 0.0778. The quantitative estimate of drug-likeness (QED) is 0.811. The maximum absolute atomic E-state index is 9.86. The molecule has 0 spiro atoms. The van der Waals surface area contributed by atoms with Gasteiger partial charge in [0.15, 0.2) is 0 Å². The average molecular weight is 357 g/mol. The molecule has 3 heterocycles. The number of aromatic nitrogens is 1. The van der Waals surface area contributed by atoms with Crippen LogP contribution in [0.1, 0.15) is 30.4 Å². The molecule has 1 aliphatic carbocycles. The van der Waals surface area contributed by atoms with Gasteiger partial charge >= 0.3 is 7.12 Å². The normalized spacial score (nSPS) is 29.2. The minimum Gasteiger partial charge on any atom is -0.474 e. The highest BCUT2D eigenvalue weighted by atomic mass is 16.5. The van der Waals surface area contributed by atoms with Gasteiger partial charge in [-0.15, -0.1) is 0 Å². The van der Waals surface area contributed by atoms with Gasteiger partial charge < -0.3 is 19.2 Å². The van der Waals surface area contributed by atoms with Crippen LogP contribution in [-0.2, 0) is 15.9 Å². The lowest BCUT2D eigenvalue weighted by Gasteiger charge is -2.32. The van der Waals surface area contributed by atoms with Gasteiger partial charge in [-0.2, -0.15) is 5.26 Å². The molecule has 0 amide bonds. The number of pyridine rings is 1. The third-order valence-electron chi connectivity index (χ3n) is 5.67. The zero-order valence-corrected chi connectivity index (χ0v) is 14.8. The van der Waals surface area contributed by atoms with Crippen LogP contribution in [0.2, 0.25) is 5.82 Å². The predicted molar refractivity (Wildman–Crippen MR) is 94.5 cm³/mol. The summed E-state index contributed by atoms with van der Waals surface area (Å²) in [4.78, 5) is 6.72. The van der Waals surface area contributed by atoms with Crippen LogP contribution in [0.15, 0.2) is 12.3 Å². The van der Waals surface area contributed by atoms with Gasteiger partial charge in [-0.25, -0.2) is 4.98 Å². The molecule has 3 fully saturated rings. The summed E-state index contributed by atoms with van der Waals surface area (Å²) >= 11 is 0. The van der Waals surface area contributed by atoms with E-state index in [1.807, 2.05) is 6.07 Å². The minimum atomic E-state index is -0.620. The molecule has 2 saturated heterocycles. The Morgan fingerprint density at radius 1 is 1.38 bits per heavy atom. The summed E-state index contributed by atoms with van der Waals surface area (Å²) in [6, 6.07) is 4.05. The third-order valence-corrected chi connectivity index (χ3v) is 5.67. The lowest BCUT2D eigenvalue weighted by molar-refractivity contribution is 0.0331. The van der Waals surface area contributed by atoms with E-state index in [9.17, 15) is 10.3 Å². The molecule has 4 rings (SSSR count). The van der Waals surface area contributed by atoms with Gasteiger partial charge in [0.2, 0.25) is 5.88 Å². The zero-order valence-electron chi connectivity index (χ0n) is 14.8. The van der Waals surface area contributed by atoms with Crippen molar-refractivity contribution in [2.24, 2.45) is 5.92 Å². The maximum Gasteiger partial charge on any atom is 0.457 e. The molecule has 8 heteroatoms. The summed E-state index contributed by atoms with van der Waals surface area (Å²) < 4.78 is 17.0. The summed E-state index contributed by atoms with van der Waals surface area (Å²) in [5, 5.41) is 19.1. The second-order valence-corrected chi connectivity index (χ2v) is 7.39. The van der Waals surface area contributed by atoms with E-state index < -0.39 is 7.12 Å². The fourth-order valence-electron chi connectivity index (χ4n) is 4.20. The Morgan fingerprint density at radius 3 is 3.04 bits per heavy atom. The van der Waals surface area contributed by atoms with Gasteiger partial charge in [0.05, 0.1) is 18.8 Å². The molecular weight excluding hydrogens is 333 g/mol. The number of rotatable bonds is 4. The standard InChI is InChI=1S/C18H24BN3O4/c20-9-13-7-14(11-22-3-5-24-6-4-22)18(21-10-13)26-16-1-2-17-15(8-16)12-25-19(17)23/h7,10,15-17,23H,1-6,8,11-12H2. The van der Waals surface area contributed by atoms with E-state index in [1.165, 1.54) is 0 Å². The van der Waals surface area contributed by atoms with Crippen LogP contribution in [0.4, 0.5) is 0 Å². The summed E-state index contributed by atoms with van der Waals surface area (Å²) in [7, 11) is -0.620. The van der Waals surface area contributed by atoms with Crippen LogP contribution < -0.4 is 4.74 Å². The number of fused-ring (bicyclic) bond motifs is 1. The monoisotopic (exact) mass is 357 g/mol. The van der Waals surface area contributed by atoms with Gasteiger partial charge in [0, 0.05) is 38.0 Å². The van der Waals surface area contributed by atoms with Crippen molar-refractivity contribution in [2.75, 3.05) is 32.9 Å². The smallest absolute Gasteiger partial charge is 0.457 e. The van der Waals surface area contributed by atoms with Gasteiger partial charge in [-0.05, 0) is 37.1 Å². The Morgan fingerprint density at radius 2 is 2.23 bits per heavy atom. The van der Waals surface area contributed by atoms with Gasteiger partial charge in [0.25, 0.3) is 0 Å². The molecule has 0 radical (unpaired) electrons. The fourth-order valence-corrected chi connectivity index (χ4v) is 4.20. The van der Waals surface area contributed by atoms with Crippen molar-refractivity contribution < 1.29 is 19.2 Å². The molecule has 7 nitrogen and oxygen atoms in total. The van der Waals surface area contributed by atoms with Crippen LogP contribution in [0.3, 0.4) is 0 Å².